The average molecular weight is 204 g/mol. The van der Waals surface area contributed by atoms with Crippen molar-refractivity contribution in [2.45, 2.75) is 6.42 Å². The van der Waals surface area contributed by atoms with Crippen molar-refractivity contribution >= 4 is 5.69 Å². The van der Waals surface area contributed by atoms with Gasteiger partial charge in [-0.05, 0) is 17.7 Å². The summed E-state index contributed by atoms with van der Waals surface area (Å²) in [5.74, 6) is 4.85. The molecule has 0 aliphatic rings. The zero-order valence-electron chi connectivity index (χ0n) is 7.94. The van der Waals surface area contributed by atoms with E-state index in [-0.39, 0.29) is 12.1 Å². The Hall–Kier alpha value is -2.18. The summed E-state index contributed by atoms with van der Waals surface area (Å²) in [5, 5.41) is 3.30. The molecule has 0 bridgehead atoms. The highest BCUT2D eigenvalue weighted by atomic mass is 19.1. The zero-order valence-corrected chi connectivity index (χ0v) is 7.94. The van der Waals surface area contributed by atoms with E-state index in [9.17, 15) is 4.39 Å². The first-order valence-electron chi connectivity index (χ1n) is 4.29. The molecule has 76 valence electrons. The highest BCUT2D eigenvalue weighted by Crippen LogP contribution is 2.13. The van der Waals surface area contributed by atoms with Crippen molar-refractivity contribution in [3.63, 3.8) is 0 Å². The Morgan fingerprint density at radius 1 is 1.53 bits per heavy atom. The van der Waals surface area contributed by atoms with Crippen LogP contribution in [0.15, 0.2) is 23.3 Å². The van der Waals surface area contributed by atoms with Gasteiger partial charge in [0.1, 0.15) is 5.82 Å². The second-order valence-electron chi connectivity index (χ2n) is 2.71. The number of azide groups is 1. The predicted molar refractivity (Wildman–Crippen MR) is 56.3 cm³/mol. The molecule has 0 aromatic heterocycles. The molecule has 1 aromatic carbocycles. The highest BCUT2D eigenvalue weighted by Gasteiger charge is 2.00. The van der Waals surface area contributed by atoms with Gasteiger partial charge in [0.05, 0.1) is 11.3 Å². The number of hydrogen-bond donors (Lipinski definition) is 1. The van der Waals surface area contributed by atoms with Crippen LogP contribution < -0.4 is 5.73 Å². The fraction of sp³-hybridized carbons (Fsp3) is 0.200. The van der Waals surface area contributed by atoms with Gasteiger partial charge < -0.3 is 5.73 Å². The lowest BCUT2D eigenvalue weighted by Crippen LogP contribution is -1.93. The van der Waals surface area contributed by atoms with Crippen molar-refractivity contribution in [3.8, 4) is 11.8 Å². The van der Waals surface area contributed by atoms with Gasteiger partial charge in [-0.3, -0.25) is 0 Å². The number of anilines is 1. The molecule has 0 aliphatic carbocycles. The molecule has 0 radical (unpaired) electrons. The van der Waals surface area contributed by atoms with E-state index < -0.39 is 5.82 Å². The number of nitrogens with two attached hydrogens (primary N) is 1. The maximum Gasteiger partial charge on any atom is 0.140 e. The molecule has 0 aliphatic heterocycles. The van der Waals surface area contributed by atoms with Crippen LogP contribution in [0.1, 0.15) is 12.0 Å². The fourth-order valence-corrected chi connectivity index (χ4v) is 0.974. The van der Waals surface area contributed by atoms with Crippen LogP contribution in [0.5, 0.6) is 0 Å². The van der Waals surface area contributed by atoms with E-state index >= 15 is 0 Å². The highest BCUT2D eigenvalue weighted by molar-refractivity contribution is 5.56. The van der Waals surface area contributed by atoms with E-state index in [1.54, 1.807) is 6.07 Å². The maximum atomic E-state index is 13.2. The largest absolute Gasteiger partial charge is 0.398 e. The molecule has 15 heavy (non-hydrogen) atoms. The fourth-order valence-electron chi connectivity index (χ4n) is 0.974. The molecule has 0 saturated heterocycles. The third-order valence-electron chi connectivity index (χ3n) is 1.66. The number of nitrogens with zero attached hydrogens (tertiary/aromatic N) is 3. The van der Waals surface area contributed by atoms with Gasteiger partial charge >= 0.3 is 0 Å². The van der Waals surface area contributed by atoms with E-state index in [4.69, 9.17) is 11.3 Å². The summed E-state index contributed by atoms with van der Waals surface area (Å²) in [6, 6.07) is 4.41. The van der Waals surface area contributed by atoms with Crippen LogP contribution in [0.3, 0.4) is 0 Å². The molecule has 5 heteroatoms. The van der Waals surface area contributed by atoms with Crippen LogP contribution in [0.4, 0.5) is 10.1 Å². The first-order valence-corrected chi connectivity index (χ1v) is 4.29. The van der Waals surface area contributed by atoms with Crippen molar-refractivity contribution in [1.82, 2.24) is 0 Å². The monoisotopic (exact) mass is 204 g/mol. The normalized spacial score (nSPS) is 8.60. The third-order valence-corrected chi connectivity index (χ3v) is 1.66. The van der Waals surface area contributed by atoms with E-state index in [1.165, 1.54) is 12.1 Å². The number of nitrogen functional groups attached to an aromatic ring is 1. The van der Waals surface area contributed by atoms with E-state index in [0.29, 0.717) is 12.1 Å². The molecule has 0 atom stereocenters. The molecule has 1 rings (SSSR count). The molecule has 1 aromatic rings. The summed E-state index contributed by atoms with van der Waals surface area (Å²) in [7, 11) is 0. The van der Waals surface area contributed by atoms with Gasteiger partial charge in [0, 0.05) is 17.9 Å². The Morgan fingerprint density at radius 3 is 3.00 bits per heavy atom. The van der Waals surface area contributed by atoms with Crippen LogP contribution in [0.2, 0.25) is 0 Å². The van der Waals surface area contributed by atoms with Gasteiger partial charge in [-0.1, -0.05) is 23.0 Å². The van der Waals surface area contributed by atoms with Crippen molar-refractivity contribution in [2.75, 3.05) is 12.3 Å². The molecule has 0 heterocycles. The Kier molecular flexibility index (Phi) is 4.02. The Bertz CT molecular complexity index is 432. The minimum Gasteiger partial charge on any atom is -0.398 e. The minimum atomic E-state index is -0.439. The van der Waals surface area contributed by atoms with E-state index in [0.717, 1.165) is 0 Å². The molecular weight excluding hydrogens is 195 g/mol. The molecule has 4 nitrogen and oxygen atoms in total. The summed E-state index contributed by atoms with van der Waals surface area (Å²) >= 11 is 0. The lowest BCUT2D eigenvalue weighted by Gasteiger charge is -1.97. The van der Waals surface area contributed by atoms with Crippen LogP contribution in [-0.2, 0) is 0 Å². The number of hydrogen-bond acceptors (Lipinski definition) is 2. The second-order valence-corrected chi connectivity index (χ2v) is 2.71. The molecular formula is C10H9FN4. The number of benzene rings is 1. The van der Waals surface area contributed by atoms with Gasteiger partial charge in [0.2, 0.25) is 0 Å². The summed E-state index contributed by atoms with van der Waals surface area (Å²) in [6.07, 6.45) is 0.387. The summed E-state index contributed by atoms with van der Waals surface area (Å²) in [4.78, 5) is 2.57. The summed E-state index contributed by atoms with van der Waals surface area (Å²) < 4.78 is 13.2. The molecule has 2 N–H and O–H groups in total. The zero-order chi connectivity index (χ0) is 11.1. The van der Waals surface area contributed by atoms with Crippen LogP contribution in [-0.4, -0.2) is 6.54 Å². The standard InChI is InChI=1S/C10H9FN4/c11-9-5-3-6-10(12)8(9)4-1-2-7-14-15-13/h3,5-6H,2,7,12H2. The first-order chi connectivity index (χ1) is 7.25. The Labute approximate surface area is 86.5 Å². The van der Waals surface area contributed by atoms with E-state index in [1.807, 2.05) is 0 Å². The first kappa shape index (κ1) is 10.9. The van der Waals surface area contributed by atoms with Gasteiger partial charge in [0.15, 0.2) is 0 Å². The van der Waals surface area contributed by atoms with Crippen LogP contribution >= 0.6 is 0 Å². The van der Waals surface area contributed by atoms with Gasteiger partial charge in [-0.2, -0.15) is 0 Å². The molecule has 0 amide bonds. The van der Waals surface area contributed by atoms with E-state index in [2.05, 4.69) is 21.9 Å². The molecule has 0 unspecified atom stereocenters. The third kappa shape index (κ3) is 3.22. The van der Waals surface area contributed by atoms with Crippen molar-refractivity contribution < 1.29 is 4.39 Å². The van der Waals surface area contributed by atoms with Crippen molar-refractivity contribution in [2.24, 2.45) is 5.11 Å². The number of rotatable bonds is 2. The van der Waals surface area contributed by atoms with Gasteiger partial charge in [0.25, 0.3) is 0 Å². The van der Waals surface area contributed by atoms with Gasteiger partial charge in [-0.15, -0.1) is 0 Å². The lowest BCUT2D eigenvalue weighted by molar-refractivity contribution is 0.625. The lowest BCUT2D eigenvalue weighted by atomic mass is 10.1. The number of halogens is 1. The SMILES string of the molecule is [N-]=[N+]=NCCC#Cc1c(N)cccc1F. The van der Waals surface area contributed by atoms with Crippen LogP contribution in [0.25, 0.3) is 10.4 Å². The van der Waals surface area contributed by atoms with Crippen molar-refractivity contribution in [3.05, 3.63) is 40.0 Å². The minimum absolute atomic E-state index is 0.193. The summed E-state index contributed by atoms with van der Waals surface area (Å²) in [5.41, 5.74) is 14.0. The summed E-state index contributed by atoms with van der Waals surface area (Å²) in [6.45, 7) is 0.276. The topological polar surface area (TPSA) is 74.8 Å². The second kappa shape index (κ2) is 5.53. The van der Waals surface area contributed by atoms with Crippen LogP contribution in [0, 0.1) is 17.7 Å². The molecule has 0 saturated carbocycles. The smallest absolute Gasteiger partial charge is 0.140 e. The maximum absolute atomic E-state index is 13.2. The Balaban J connectivity index is 2.75. The van der Waals surface area contributed by atoms with Gasteiger partial charge in [-0.25, -0.2) is 4.39 Å². The Morgan fingerprint density at radius 2 is 2.33 bits per heavy atom. The quantitative estimate of drug-likeness (QED) is 0.197. The molecule has 0 spiro atoms. The predicted octanol–water partition coefficient (Wildman–Crippen LogP) is 2.46. The average Bonchev–Trinajstić information content (AvgIpc) is 2.21. The van der Waals surface area contributed by atoms with Crippen molar-refractivity contribution in [1.29, 1.82) is 0 Å². The molecule has 0 fully saturated rings.